The molecule has 2 atom stereocenters. The normalized spacial score (nSPS) is 23.7. The van der Waals surface area contributed by atoms with Gasteiger partial charge in [-0.2, -0.15) is 0 Å². The number of carboxylic acid groups (broad SMARTS) is 1. The maximum Gasteiger partial charge on any atom is 0.306 e. The van der Waals surface area contributed by atoms with Crippen molar-refractivity contribution in [3.63, 3.8) is 0 Å². The fraction of sp³-hybridized carbons (Fsp3) is 0.923. The standard InChI is InChI=1S/C13H25N3O4/c1-5-8-15(13(2,3)4)16(19)14-20-11-7-6-10(9-11)12(17)18/h10-11H,5-9H2,1-4H3,(H,17,18)/b16-14-/t10-,11-/m1/s1. The average molecular weight is 287 g/mol. The van der Waals surface area contributed by atoms with Crippen LogP contribution in [0.5, 0.6) is 0 Å². The van der Waals surface area contributed by atoms with E-state index in [9.17, 15) is 10.0 Å². The molecule has 20 heavy (non-hydrogen) atoms. The first-order chi connectivity index (χ1) is 9.25. The topological polar surface area (TPSA) is 88.2 Å². The zero-order valence-corrected chi connectivity index (χ0v) is 12.7. The van der Waals surface area contributed by atoms with Gasteiger partial charge in [0.1, 0.15) is 6.10 Å². The first-order valence-corrected chi connectivity index (χ1v) is 7.10. The summed E-state index contributed by atoms with van der Waals surface area (Å²) in [6.07, 6.45) is 2.16. The third kappa shape index (κ3) is 4.54. The van der Waals surface area contributed by atoms with Gasteiger partial charge in [0.25, 0.3) is 0 Å². The van der Waals surface area contributed by atoms with Crippen LogP contribution in [0.4, 0.5) is 0 Å². The minimum Gasteiger partial charge on any atom is -0.569 e. The molecule has 0 saturated heterocycles. The third-order valence-corrected chi connectivity index (χ3v) is 3.42. The van der Waals surface area contributed by atoms with Gasteiger partial charge in [0.2, 0.25) is 5.28 Å². The number of hydrogen-bond acceptors (Lipinski definition) is 4. The van der Waals surface area contributed by atoms with Crippen molar-refractivity contribution in [2.45, 2.75) is 65.0 Å². The van der Waals surface area contributed by atoms with Crippen molar-refractivity contribution in [2.24, 2.45) is 11.2 Å². The number of hydrogen-bond donors (Lipinski definition) is 1. The van der Waals surface area contributed by atoms with Gasteiger partial charge in [-0.25, -0.2) is 0 Å². The van der Waals surface area contributed by atoms with E-state index in [1.165, 1.54) is 0 Å². The van der Waals surface area contributed by atoms with Crippen molar-refractivity contribution in [3.8, 4) is 0 Å². The fourth-order valence-corrected chi connectivity index (χ4v) is 2.30. The fourth-order valence-electron chi connectivity index (χ4n) is 2.30. The lowest BCUT2D eigenvalue weighted by Crippen LogP contribution is -2.46. The van der Waals surface area contributed by atoms with E-state index in [2.05, 4.69) is 5.28 Å². The molecule has 0 unspecified atom stereocenters. The summed E-state index contributed by atoms with van der Waals surface area (Å²) in [6.45, 7) is 8.36. The Morgan fingerprint density at radius 2 is 2.15 bits per heavy atom. The van der Waals surface area contributed by atoms with E-state index in [-0.39, 0.29) is 17.6 Å². The molecule has 0 amide bonds. The Kier molecular flexibility index (Phi) is 5.59. The van der Waals surface area contributed by atoms with E-state index >= 15 is 0 Å². The predicted octanol–water partition coefficient (Wildman–Crippen LogP) is 2.56. The van der Waals surface area contributed by atoms with Crippen molar-refractivity contribution < 1.29 is 19.7 Å². The first-order valence-electron chi connectivity index (χ1n) is 7.10. The number of aliphatic carboxylic acids is 1. The van der Waals surface area contributed by atoms with Crippen molar-refractivity contribution in [2.75, 3.05) is 6.54 Å². The second-order valence-electron chi connectivity index (χ2n) is 6.20. The number of rotatable bonds is 6. The van der Waals surface area contributed by atoms with Gasteiger partial charge < -0.3 is 15.2 Å². The number of carboxylic acids is 1. The molecule has 0 heterocycles. The van der Waals surface area contributed by atoms with Crippen LogP contribution in [-0.4, -0.2) is 39.2 Å². The summed E-state index contributed by atoms with van der Waals surface area (Å²) >= 11 is 0. The van der Waals surface area contributed by atoms with Crippen LogP contribution in [0.3, 0.4) is 0 Å². The van der Waals surface area contributed by atoms with Gasteiger partial charge >= 0.3 is 5.97 Å². The smallest absolute Gasteiger partial charge is 0.306 e. The Bertz CT molecular complexity index is 365. The molecule has 0 aliphatic heterocycles. The van der Waals surface area contributed by atoms with Crippen LogP contribution in [-0.2, 0) is 9.63 Å². The average Bonchev–Trinajstić information content (AvgIpc) is 2.80. The zero-order chi connectivity index (χ0) is 15.3. The minimum absolute atomic E-state index is 0.281. The maximum absolute atomic E-state index is 12.0. The van der Waals surface area contributed by atoms with Crippen LogP contribution < -0.4 is 0 Å². The largest absolute Gasteiger partial charge is 0.569 e. The van der Waals surface area contributed by atoms with Crippen molar-refractivity contribution >= 4 is 5.97 Å². The van der Waals surface area contributed by atoms with Gasteiger partial charge in [-0.15, -0.1) is 5.01 Å². The van der Waals surface area contributed by atoms with Gasteiger partial charge in [-0.3, -0.25) is 4.79 Å². The van der Waals surface area contributed by atoms with Crippen LogP contribution in [0.25, 0.3) is 0 Å². The van der Waals surface area contributed by atoms with Gasteiger partial charge in [0.15, 0.2) is 0 Å². The van der Waals surface area contributed by atoms with Gasteiger partial charge in [0.05, 0.1) is 23.0 Å². The molecular formula is C13H25N3O4. The Morgan fingerprint density at radius 1 is 1.50 bits per heavy atom. The monoisotopic (exact) mass is 287 g/mol. The molecule has 1 rings (SSSR count). The lowest BCUT2D eigenvalue weighted by molar-refractivity contribution is -0.726. The van der Waals surface area contributed by atoms with Crippen molar-refractivity contribution in [1.29, 1.82) is 0 Å². The Hall–Kier alpha value is -1.53. The quantitative estimate of drug-likeness (QED) is 0.461. The number of hydrazine groups is 1. The van der Waals surface area contributed by atoms with E-state index in [1.54, 1.807) is 5.01 Å². The molecule has 0 radical (unpaired) electrons. The van der Waals surface area contributed by atoms with Crippen LogP contribution in [0.2, 0.25) is 0 Å². The molecule has 0 aromatic heterocycles. The Balaban J connectivity index is 2.58. The highest BCUT2D eigenvalue weighted by molar-refractivity contribution is 5.70. The van der Waals surface area contributed by atoms with Crippen LogP contribution in [0, 0.1) is 11.1 Å². The Labute approximate surface area is 119 Å². The minimum atomic E-state index is -0.808. The van der Waals surface area contributed by atoms with E-state index < -0.39 is 5.97 Å². The molecule has 116 valence electrons. The molecule has 7 heteroatoms. The summed E-state index contributed by atoms with van der Waals surface area (Å²) in [5.41, 5.74) is -0.343. The van der Waals surface area contributed by atoms with Crippen molar-refractivity contribution in [3.05, 3.63) is 5.21 Å². The zero-order valence-electron chi connectivity index (χ0n) is 12.7. The van der Waals surface area contributed by atoms with Crippen LogP contribution in [0.15, 0.2) is 5.28 Å². The lowest BCUT2D eigenvalue weighted by atomic mass is 10.1. The molecular weight excluding hydrogens is 262 g/mol. The summed E-state index contributed by atoms with van der Waals surface area (Å²) in [5, 5.41) is 26.1. The molecule has 1 aliphatic carbocycles. The van der Waals surface area contributed by atoms with Crippen LogP contribution in [0.1, 0.15) is 53.4 Å². The Morgan fingerprint density at radius 3 is 2.60 bits per heavy atom. The van der Waals surface area contributed by atoms with Crippen molar-refractivity contribution in [1.82, 2.24) is 5.01 Å². The van der Waals surface area contributed by atoms with E-state index in [0.29, 0.717) is 30.8 Å². The highest BCUT2D eigenvalue weighted by Crippen LogP contribution is 2.28. The predicted molar refractivity (Wildman–Crippen MR) is 72.7 cm³/mol. The summed E-state index contributed by atoms with van der Waals surface area (Å²) in [6, 6.07) is 0. The third-order valence-electron chi connectivity index (χ3n) is 3.42. The van der Waals surface area contributed by atoms with Gasteiger partial charge in [-0.05, 0) is 40.0 Å². The van der Waals surface area contributed by atoms with E-state index in [0.717, 1.165) is 6.42 Å². The molecule has 0 aromatic rings. The van der Waals surface area contributed by atoms with Gasteiger partial charge in [0, 0.05) is 6.42 Å². The summed E-state index contributed by atoms with van der Waals surface area (Å²) in [5.74, 6) is -1.19. The first kappa shape index (κ1) is 16.5. The highest BCUT2D eigenvalue weighted by atomic mass is 16.7. The SMILES string of the molecule is CCCN(/[N+]([O-])=N/O[C@@H]1CC[C@@H](C(=O)O)C1)C(C)(C)C. The summed E-state index contributed by atoms with van der Waals surface area (Å²) < 4.78 is 0. The lowest BCUT2D eigenvalue weighted by Gasteiger charge is -2.30. The molecule has 1 saturated carbocycles. The second-order valence-corrected chi connectivity index (χ2v) is 6.20. The molecule has 1 fully saturated rings. The van der Waals surface area contributed by atoms with Crippen LogP contribution >= 0.6 is 0 Å². The number of nitrogens with zero attached hydrogens (tertiary/aromatic N) is 3. The van der Waals surface area contributed by atoms with E-state index in [1.807, 2.05) is 27.7 Å². The molecule has 1 N–H and O–H groups in total. The molecule has 1 aliphatic rings. The molecule has 0 spiro atoms. The molecule has 7 nitrogen and oxygen atoms in total. The summed E-state index contributed by atoms with van der Waals surface area (Å²) in [4.78, 5) is 16.5. The second kappa shape index (κ2) is 6.76. The number of carbonyl (C=O) groups is 1. The molecule has 0 aromatic carbocycles. The van der Waals surface area contributed by atoms with E-state index in [4.69, 9.17) is 9.94 Å². The van der Waals surface area contributed by atoms with Gasteiger partial charge in [-0.1, -0.05) is 6.92 Å². The summed E-state index contributed by atoms with van der Waals surface area (Å²) in [7, 11) is 0. The highest BCUT2D eigenvalue weighted by Gasteiger charge is 2.33. The maximum atomic E-state index is 12.0. The molecule has 0 bridgehead atoms.